The first-order valence-electron chi connectivity index (χ1n) is 10.9. The molecule has 29 heavy (non-hydrogen) atoms. The fraction of sp³-hybridized carbons (Fsp3) is 0.440. The first-order valence-corrected chi connectivity index (χ1v) is 10.9. The number of nitrogens with zero attached hydrogens (tertiary/aromatic N) is 2. The van der Waals surface area contributed by atoms with Crippen LogP contribution in [0.4, 0.5) is 0 Å². The van der Waals surface area contributed by atoms with E-state index in [1.807, 2.05) is 50.2 Å². The number of imidazole rings is 1. The topological polar surface area (TPSA) is 46.9 Å². The summed E-state index contributed by atoms with van der Waals surface area (Å²) in [5.41, 5.74) is 3.91. The van der Waals surface area contributed by atoms with Crippen LogP contribution in [0, 0.1) is 6.92 Å². The molecule has 1 N–H and O–H groups in total. The van der Waals surface area contributed by atoms with Gasteiger partial charge in [0, 0.05) is 12.1 Å². The van der Waals surface area contributed by atoms with Gasteiger partial charge in [-0.25, -0.2) is 4.98 Å². The molecule has 3 rings (SSSR count). The van der Waals surface area contributed by atoms with Crippen molar-refractivity contribution in [1.29, 1.82) is 0 Å². The fourth-order valence-electron chi connectivity index (χ4n) is 3.84. The van der Waals surface area contributed by atoms with Crippen molar-refractivity contribution < 1.29 is 4.79 Å². The standard InChI is InChI=1S/C25H33N3O/c1-4-5-6-7-8-11-17-28-23-16-10-9-15-22(23)27-24(28)20(3)26-25(29)21-14-12-13-19(2)18-21/h9-10,12-16,18,20H,4-8,11,17H2,1-3H3,(H,26,29). The van der Waals surface area contributed by atoms with Crippen LogP contribution < -0.4 is 5.32 Å². The van der Waals surface area contributed by atoms with Crippen LogP contribution >= 0.6 is 0 Å². The summed E-state index contributed by atoms with van der Waals surface area (Å²) in [4.78, 5) is 17.6. The first-order chi connectivity index (χ1) is 14.1. The maximum absolute atomic E-state index is 12.7. The molecule has 0 saturated carbocycles. The number of para-hydroxylation sites is 2. The molecule has 0 aliphatic rings. The number of aryl methyl sites for hydroxylation is 2. The molecule has 3 aromatic rings. The largest absolute Gasteiger partial charge is 0.342 e. The number of rotatable bonds is 10. The Labute approximate surface area is 174 Å². The minimum atomic E-state index is -0.157. The van der Waals surface area contributed by atoms with Gasteiger partial charge in [0.2, 0.25) is 0 Å². The number of carbonyl (C=O) groups is 1. The molecule has 0 aliphatic heterocycles. The van der Waals surface area contributed by atoms with Crippen molar-refractivity contribution in [3.8, 4) is 0 Å². The molecule has 1 atom stereocenters. The summed E-state index contributed by atoms with van der Waals surface area (Å²) >= 11 is 0. The minimum absolute atomic E-state index is 0.0561. The second-order valence-electron chi connectivity index (χ2n) is 7.94. The normalized spacial score (nSPS) is 12.2. The second kappa shape index (κ2) is 10.2. The molecule has 1 aromatic heterocycles. The number of aromatic nitrogens is 2. The third-order valence-electron chi connectivity index (χ3n) is 5.43. The molecule has 1 unspecified atom stereocenters. The second-order valence-corrected chi connectivity index (χ2v) is 7.94. The lowest BCUT2D eigenvalue weighted by atomic mass is 10.1. The zero-order valence-corrected chi connectivity index (χ0v) is 17.9. The molecule has 0 saturated heterocycles. The predicted octanol–water partition coefficient (Wildman–Crippen LogP) is 6.20. The Morgan fingerprint density at radius 3 is 2.59 bits per heavy atom. The zero-order valence-electron chi connectivity index (χ0n) is 17.9. The van der Waals surface area contributed by atoms with Crippen LogP contribution in [0.1, 0.15) is 80.2 Å². The molecule has 0 fully saturated rings. The Hall–Kier alpha value is -2.62. The molecule has 4 nitrogen and oxygen atoms in total. The van der Waals surface area contributed by atoms with Crippen molar-refractivity contribution in [3.63, 3.8) is 0 Å². The highest BCUT2D eigenvalue weighted by Gasteiger charge is 2.19. The van der Waals surface area contributed by atoms with Gasteiger partial charge in [-0.05, 0) is 44.5 Å². The molecular weight excluding hydrogens is 358 g/mol. The van der Waals surface area contributed by atoms with Crippen molar-refractivity contribution in [2.45, 2.75) is 71.9 Å². The van der Waals surface area contributed by atoms with E-state index in [0.717, 1.165) is 35.4 Å². The Kier molecular flexibility index (Phi) is 7.45. The molecular formula is C25H33N3O. The summed E-state index contributed by atoms with van der Waals surface area (Å²) in [5.74, 6) is 0.875. The van der Waals surface area contributed by atoms with Crippen LogP contribution in [0.2, 0.25) is 0 Å². The van der Waals surface area contributed by atoms with Crippen LogP contribution in [0.25, 0.3) is 11.0 Å². The predicted molar refractivity (Wildman–Crippen MR) is 120 cm³/mol. The number of hydrogen-bond donors (Lipinski definition) is 1. The Balaban J connectivity index is 1.74. The van der Waals surface area contributed by atoms with E-state index >= 15 is 0 Å². The summed E-state index contributed by atoms with van der Waals surface area (Å²) in [7, 11) is 0. The Bertz CT molecular complexity index is 944. The van der Waals surface area contributed by atoms with Crippen molar-refractivity contribution >= 4 is 16.9 Å². The number of amides is 1. The average molecular weight is 392 g/mol. The smallest absolute Gasteiger partial charge is 0.251 e. The Morgan fingerprint density at radius 1 is 1.03 bits per heavy atom. The summed E-state index contributed by atoms with van der Waals surface area (Å²) in [6, 6.07) is 15.8. The molecule has 0 aliphatic carbocycles. The van der Waals surface area contributed by atoms with Crippen LogP contribution in [0.15, 0.2) is 48.5 Å². The number of fused-ring (bicyclic) bond motifs is 1. The lowest BCUT2D eigenvalue weighted by Crippen LogP contribution is -2.28. The maximum atomic E-state index is 12.7. The minimum Gasteiger partial charge on any atom is -0.342 e. The summed E-state index contributed by atoms with van der Waals surface area (Å²) in [6.45, 7) is 7.20. The van der Waals surface area contributed by atoms with E-state index in [-0.39, 0.29) is 11.9 Å². The Morgan fingerprint density at radius 2 is 1.79 bits per heavy atom. The molecule has 2 aromatic carbocycles. The van der Waals surface area contributed by atoms with Gasteiger partial charge >= 0.3 is 0 Å². The lowest BCUT2D eigenvalue weighted by Gasteiger charge is -2.17. The van der Waals surface area contributed by atoms with Gasteiger partial charge in [0.05, 0.1) is 17.1 Å². The van der Waals surface area contributed by atoms with E-state index in [0.29, 0.717) is 5.56 Å². The average Bonchev–Trinajstić information content (AvgIpc) is 3.09. The van der Waals surface area contributed by atoms with E-state index in [1.54, 1.807) is 0 Å². The number of nitrogens with one attached hydrogen (secondary N) is 1. The molecule has 0 spiro atoms. The van der Waals surface area contributed by atoms with Crippen molar-refractivity contribution in [2.75, 3.05) is 0 Å². The summed E-state index contributed by atoms with van der Waals surface area (Å²) in [5, 5.41) is 3.14. The SMILES string of the molecule is CCCCCCCCn1c(C(C)NC(=O)c2cccc(C)c2)nc2ccccc21. The van der Waals surface area contributed by atoms with Crippen LogP contribution in [-0.4, -0.2) is 15.5 Å². The van der Waals surface area contributed by atoms with Gasteiger partial charge in [-0.15, -0.1) is 0 Å². The van der Waals surface area contributed by atoms with Gasteiger partial charge in [-0.2, -0.15) is 0 Å². The fourth-order valence-corrected chi connectivity index (χ4v) is 3.84. The number of unbranched alkanes of at least 4 members (excludes halogenated alkanes) is 5. The van der Waals surface area contributed by atoms with E-state index in [2.05, 4.69) is 28.9 Å². The van der Waals surface area contributed by atoms with Gasteiger partial charge in [0.15, 0.2) is 0 Å². The van der Waals surface area contributed by atoms with Gasteiger partial charge in [-0.3, -0.25) is 4.79 Å². The highest BCUT2D eigenvalue weighted by atomic mass is 16.1. The van der Waals surface area contributed by atoms with E-state index in [9.17, 15) is 4.79 Å². The van der Waals surface area contributed by atoms with Crippen molar-refractivity contribution in [1.82, 2.24) is 14.9 Å². The van der Waals surface area contributed by atoms with Gasteiger partial charge < -0.3 is 9.88 Å². The van der Waals surface area contributed by atoms with Crippen LogP contribution in [0.5, 0.6) is 0 Å². The lowest BCUT2D eigenvalue weighted by molar-refractivity contribution is 0.0937. The molecule has 4 heteroatoms. The maximum Gasteiger partial charge on any atom is 0.251 e. The molecule has 1 heterocycles. The van der Waals surface area contributed by atoms with Gasteiger partial charge in [0.25, 0.3) is 5.91 Å². The van der Waals surface area contributed by atoms with Crippen LogP contribution in [0.3, 0.4) is 0 Å². The van der Waals surface area contributed by atoms with Crippen molar-refractivity contribution in [3.05, 3.63) is 65.5 Å². The van der Waals surface area contributed by atoms with E-state index in [1.165, 1.54) is 32.1 Å². The quantitative estimate of drug-likeness (QED) is 0.418. The molecule has 0 bridgehead atoms. The molecule has 0 radical (unpaired) electrons. The molecule has 154 valence electrons. The number of benzene rings is 2. The highest BCUT2D eigenvalue weighted by molar-refractivity contribution is 5.94. The number of carbonyl (C=O) groups excluding carboxylic acids is 1. The third kappa shape index (κ3) is 5.47. The van der Waals surface area contributed by atoms with Crippen LogP contribution in [-0.2, 0) is 6.54 Å². The summed E-state index contributed by atoms with van der Waals surface area (Å²) in [6.07, 6.45) is 7.56. The number of hydrogen-bond acceptors (Lipinski definition) is 2. The monoisotopic (exact) mass is 391 g/mol. The first kappa shape index (κ1) is 21.1. The van der Waals surface area contributed by atoms with Crippen molar-refractivity contribution in [2.24, 2.45) is 0 Å². The highest BCUT2D eigenvalue weighted by Crippen LogP contribution is 2.22. The van der Waals surface area contributed by atoms with E-state index < -0.39 is 0 Å². The zero-order chi connectivity index (χ0) is 20.6. The summed E-state index contributed by atoms with van der Waals surface area (Å²) < 4.78 is 2.29. The van der Waals surface area contributed by atoms with E-state index in [4.69, 9.17) is 4.98 Å². The molecule has 1 amide bonds. The van der Waals surface area contributed by atoms with Gasteiger partial charge in [-0.1, -0.05) is 68.9 Å². The third-order valence-corrected chi connectivity index (χ3v) is 5.43. The van der Waals surface area contributed by atoms with Gasteiger partial charge in [0.1, 0.15) is 5.82 Å².